The first-order valence-corrected chi connectivity index (χ1v) is 8.33. The minimum Gasteiger partial charge on any atom is -0.355 e. The molecule has 3 nitrogen and oxygen atoms in total. The van der Waals surface area contributed by atoms with E-state index < -0.39 is 6.04 Å². The van der Waals surface area contributed by atoms with Crippen LogP contribution in [0.5, 0.6) is 0 Å². The summed E-state index contributed by atoms with van der Waals surface area (Å²) in [6.07, 6.45) is 9.86. The molecule has 0 saturated heterocycles. The maximum atomic E-state index is 12.0. The minimum atomic E-state index is -0.443. The first kappa shape index (κ1) is 16.0. The third-order valence-corrected chi connectivity index (χ3v) is 4.45. The lowest BCUT2D eigenvalue weighted by atomic mass is 9.86. The molecule has 1 saturated carbocycles. The van der Waals surface area contributed by atoms with Gasteiger partial charge in [-0.3, -0.25) is 4.79 Å². The molecule has 1 aliphatic rings. The topological polar surface area (TPSA) is 55.1 Å². The summed E-state index contributed by atoms with van der Waals surface area (Å²) < 4.78 is 0. The molecule has 0 aromatic heterocycles. The van der Waals surface area contributed by atoms with Gasteiger partial charge in [-0.15, -0.1) is 0 Å². The zero-order chi connectivity index (χ0) is 14.9. The monoisotopic (exact) mass is 288 g/mol. The predicted octanol–water partition coefficient (Wildman–Crippen LogP) is 3.03. The second kappa shape index (κ2) is 8.83. The molecule has 0 bridgehead atoms. The fourth-order valence-electron chi connectivity index (χ4n) is 3.17. The van der Waals surface area contributed by atoms with Crippen LogP contribution in [-0.2, 0) is 11.2 Å². The molecule has 0 aliphatic heterocycles. The number of carbonyl (C=O) groups is 1. The lowest BCUT2D eigenvalue weighted by Gasteiger charge is -2.21. The van der Waals surface area contributed by atoms with E-state index in [0.29, 0.717) is 6.42 Å². The van der Waals surface area contributed by atoms with Gasteiger partial charge in [0.15, 0.2) is 0 Å². The van der Waals surface area contributed by atoms with Gasteiger partial charge >= 0.3 is 0 Å². The van der Waals surface area contributed by atoms with Crippen LogP contribution >= 0.6 is 0 Å². The molecule has 0 spiro atoms. The van der Waals surface area contributed by atoms with E-state index in [0.717, 1.165) is 24.4 Å². The Morgan fingerprint density at radius 1 is 1.19 bits per heavy atom. The van der Waals surface area contributed by atoms with E-state index in [1.54, 1.807) is 0 Å². The summed E-state index contributed by atoms with van der Waals surface area (Å²) in [5.74, 6) is 0.858. The second-order valence-corrected chi connectivity index (χ2v) is 6.23. The van der Waals surface area contributed by atoms with Crippen LogP contribution in [0.15, 0.2) is 30.3 Å². The largest absolute Gasteiger partial charge is 0.355 e. The van der Waals surface area contributed by atoms with Gasteiger partial charge in [-0.1, -0.05) is 62.4 Å². The van der Waals surface area contributed by atoms with E-state index in [-0.39, 0.29) is 5.91 Å². The fraction of sp³-hybridized carbons (Fsp3) is 0.611. The van der Waals surface area contributed by atoms with Gasteiger partial charge in [0.1, 0.15) is 0 Å². The molecule has 1 aromatic carbocycles. The molecule has 1 atom stereocenters. The lowest BCUT2D eigenvalue weighted by Crippen LogP contribution is -2.42. The fourth-order valence-corrected chi connectivity index (χ4v) is 3.17. The van der Waals surface area contributed by atoms with Crippen molar-refractivity contribution in [2.45, 2.75) is 57.4 Å². The van der Waals surface area contributed by atoms with Crippen molar-refractivity contribution >= 4 is 5.91 Å². The van der Waals surface area contributed by atoms with Crippen LogP contribution in [-0.4, -0.2) is 18.5 Å². The number of amides is 1. The highest BCUT2D eigenvalue weighted by Crippen LogP contribution is 2.26. The summed E-state index contributed by atoms with van der Waals surface area (Å²) in [6.45, 7) is 0.762. The van der Waals surface area contributed by atoms with Gasteiger partial charge in [-0.2, -0.15) is 0 Å². The molecule has 3 heteroatoms. The van der Waals surface area contributed by atoms with Crippen molar-refractivity contribution in [1.29, 1.82) is 0 Å². The maximum absolute atomic E-state index is 12.0. The van der Waals surface area contributed by atoms with Crippen molar-refractivity contribution in [1.82, 2.24) is 5.32 Å². The average molecular weight is 288 g/mol. The van der Waals surface area contributed by atoms with Crippen LogP contribution in [0, 0.1) is 5.92 Å². The smallest absolute Gasteiger partial charge is 0.237 e. The Hall–Kier alpha value is -1.35. The highest BCUT2D eigenvalue weighted by molar-refractivity contribution is 5.81. The van der Waals surface area contributed by atoms with Gasteiger partial charge in [0.05, 0.1) is 6.04 Å². The molecule has 2 rings (SSSR count). The lowest BCUT2D eigenvalue weighted by molar-refractivity contribution is -0.122. The molecule has 0 radical (unpaired) electrons. The van der Waals surface area contributed by atoms with Crippen LogP contribution in [0.1, 0.15) is 50.5 Å². The SMILES string of the molecule is N[C@@H](Cc1ccccc1)C(=O)NCCCC1CCCCC1. The van der Waals surface area contributed by atoms with Gasteiger partial charge in [-0.05, 0) is 30.7 Å². The number of nitrogens with one attached hydrogen (secondary N) is 1. The molecule has 3 N–H and O–H groups in total. The molecule has 0 heterocycles. The molecule has 1 aromatic rings. The molecule has 1 fully saturated rings. The standard InChI is InChI=1S/C18H28N2O/c19-17(14-16-10-5-2-6-11-16)18(21)20-13-7-12-15-8-3-1-4-9-15/h2,5-6,10-11,15,17H,1,3-4,7-9,12-14,19H2,(H,20,21)/t17-/m0/s1. The van der Waals surface area contributed by atoms with E-state index in [4.69, 9.17) is 5.73 Å². The summed E-state index contributed by atoms with van der Waals surface area (Å²) in [5.41, 5.74) is 7.08. The zero-order valence-electron chi connectivity index (χ0n) is 12.9. The van der Waals surface area contributed by atoms with E-state index in [1.165, 1.54) is 38.5 Å². The summed E-state index contributed by atoms with van der Waals surface area (Å²) in [4.78, 5) is 12.0. The highest BCUT2D eigenvalue weighted by atomic mass is 16.2. The summed E-state index contributed by atoms with van der Waals surface area (Å²) in [6, 6.07) is 9.50. The Labute approximate surface area is 128 Å². The third-order valence-electron chi connectivity index (χ3n) is 4.45. The van der Waals surface area contributed by atoms with Crippen molar-refractivity contribution in [2.75, 3.05) is 6.54 Å². The number of hydrogen-bond acceptors (Lipinski definition) is 2. The van der Waals surface area contributed by atoms with Gasteiger partial charge in [0.2, 0.25) is 5.91 Å². The number of rotatable bonds is 7. The molecular formula is C18H28N2O. The first-order chi connectivity index (χ1) is 10.3. The Balaban J connectivity index is 1.60. The number of benzene rings is 1. The predicted molar refractivity (Wildman–Crippen MR) is 86.9 cm³/mol. The Bertz CT molecular complexity index is 412. The normalized spacial score (nSPS) is 17.4. The van der Waals surface area contributed by atoms with E-state index in [2.05, 4.69) is 5.32 Å². The molecule has 1 aliphatic carbocycles. The molecule has 21 heavy (non-hydrogen) atoms. The Morgan fingerprint density at radius 2 is 1.90 bits per heavy atom. The number of nitrogens with two attached hydrogens (primary N) is 1. The zero-order valence-corrected chi connectivity index (χ0v) is 12.9. The van der Waals surface area contributed by atoms with Crippen molar-refractivity contribution < 1.29 is 4.79 Å². The van der Waals surface area contributed by atoms with Crippen molar-refractivity contribution in [3.63, 3.8) is 0 Å². The van der Waals surface area contributed by atoms with E-state index in [9.17, 15) is 4.79 Å². The summed E-state index contributed by atoms with van der Waals surface area (Å²) in [7, 11) is 0. The maximum Gasteiger partial charge on any atom is 0.237 e. The molecule has 0 unspecified atom stereocenters. The van der Waals surface area contributed by atoms with Gasteiger partial charge in [0, 0.05) is 6.54 Å². The van der Waals surface area contributed by atoms with Crippen molar-refractivity contribution in [2.24, 2.45) is 11.7 Å². The van der Waals surface area contributed by atoms with Crippen LogP contribution < -0.4 is 11.1 Å². The van der Waals surface area contributed by atoms with Crippen LogP contribution in [0.25, 0.3) is 0 Å². The van der Waals surface area contributed by atoms with Crippen LogP contribution in [0.3, 0.4) is 0 Å². The number of hydrogen-bond donors (Lipinski definition) is 2. The van der Waals surface area contributed by atoms with Gasteiger partial charge in [-0.25, -0.2) is 0 Å². The van der Waals surface area contributed by atoms with E-state index >= 15 is 0 Å². The van der Waals surface area contributed by atoms with Crippen LogP contribution in [0.2, 0.25) is 0 Å². The summed E-state index contributed by atoms with van der Waals surface area (Å²) in [5, 5.41) is 2.98. The highest BCUT2D eigenvalue weighted by Gasteiger charge is 2.15. The molecular weight excluding hydrogens is 260 g/mol. The van der Waals surface area contributed by atoms with Crippen molar-refractivity contribution in [3.05, 3.63) is 35.9 Å². The minimum absolute atomic E-state index is 0.0255. The number of carbonyl (C=O) groups excluding carboxylic acids is 1. The summed E-state index contributed by atoms with van der Waals surface area (Å²) >= 11 is 0. The average Bonchev–Trinajstić information content (AvgIpc) is 2.53. The van der Waals surface area contributed by atoms with Gasteiger partial charge in [0.25, 0.3) is 0 Å². The third kappa shape index (κ3) is 5.88. The Kier molecular flexibility index (Phi) is 6.74. The van der Waals surface area contributed by atoms with Crippen LogP contribution in [0.4, 0.5) is 0 Å². The Morgan fingerprint density at radius 3 is 2.62 bits per heavy atom. The van der Waals surface area contributed by atoms with E-state index in [1.807, 2.05) is 30.3 Å². The molecule has 116 valence electrons. The molecule has 1 amide bonds. The quantitative estimate of drug-likeness (QED) is 0.758. The second-order valence-electron chi connectivity index (χ2n) is 6.23. The van der Waals surface area contributed by atoms with Gasteiger partial charge < -0.3 is 11.1 Å². The van der Waals surface area contributed by atoms with Crippen molar-refractivity contribution in [3.8, 4) is 0 Å². The first-order valence-electron chi connectivity index (χ1n) is 8.33.